The SMILES string of the molecule is CCOC(=O)c1sc(N2C(=O)[C@@H]3[C@H](ON(c4ccccc4)[C@@H]3c3cc(Br)c(O)c(OCC)c3)C2=O)c(C(=O)OC)c1C. The van der Waals surface area contributed by atoms with Crippen molar-refractivity contribution < 1.29 is 43.3 Å². The number of carbonyl (C=O) groups is 4. The van der Waals surface area contributed by atoms with E-state index in [1.165, 1.54) is 19.1 Å². The predicted octanol–water partition coefficient (Wildman–Crippen LogP) is 4.94. The number of carbonyl (C=O) groups excluding carboxylic acids is 4. The lowest BCUT2D eigenvalue weighted by Crippen LogP contribution is -2.37. The average Bonchev–Trinajstić information content (AvgIpc) is 3.61. The number of para-hydroxylation sites is 1. The third-order valence-electron chi connectivity index (χ3n) is 7.00. The largest absolute Gasteiger partial charge is 0.503 e. The highest BCUT2D eigenvalue weighted by molar-refractivity contribution is 9.10. The number of phenolic OH excluding ortho intramolecular Hbond substituents is 1. The number of aromatic hydroxyl groups is 1. The van der Waals surface area contributed by atoms with E-state index < -0.39 is 41.8 Å². The number of esters is 2. The smallest absolute Gasteiger partial charge is 0.348 e. The Morgan fingerprint density at radius 2 is 1.79 bits per heavy atom. The molecular weight excluding hydrogens is 632 g/mol. The van der Waals surface area contributed by atoms with Crippen LogP contribution >= 0.6 is 27.3 Å². The van der Waals surface area contributed by atoms with Crippen LogP contribution in [0.5, 0.6) is 11.5 Å². The summed E-state index contributed by atoms with van der Waals surface area (Å²) in [5.74, 6) is -3.79. The minimum Gasteiger partial charge on any atom is -0.503 e. The van der Waals surface area contributed by atoms with Crippen LogP contribution < -0.4 is 14.7 Å². The summed E-state index contributed by atoms with van der Waals surface area (Å²) in [4.78, 5) is 60.9. The van der Waals surface area contributed by atoms with Gasteiger partial charge in [0.2, 0.25) is 5.91 Å². The number of benzene rings is 2. The first kappa shape index (κ1) is 29.5. The van der Waals surface area contributed by atoms with Gasteiger partial charge in [0, 0.05) is 0 Å². The van der Waals surface area contributed by atoms with Crippen molar-refractivity contribution in [3.63, 3.8) is 0 Å². The van der Waals surface area contributed by atoms with Gasteiger partial charge in [-0.05, 0) is 72.1 Å². The normalized spacial score (nSPS) is 19.7. The minimum atomic E-state index is -1.25. The summed E-state index contributed by atoms with van der Waals surface area (Å²) in [5.41, 5.74) is 1.29. The molecule has 2 saturated heterocycles. The zero-order chi connectivity index (χ0) is 30.3. The highest BCUT2D eigenvalue weighted by atomic mass is 79.9. The quantitative estimate of drug-likeness (QED) is 0.262. The molecule has 2 amide bonds. The number of fused-ring (bicyclic) bond motifs is 1. The van der Waals surface area contributed by atoms with Gasteiger partial charge in [-0.15, -0.1) is 11.3 Å². The first-order chi connectivity index (χ1) is 20.1. The first-order valence-electron chi connectivity index (χ1n) is 13.1. The van der Waals surface area contributed by atoms with Crippen molar-refractivity contribution >= 4 is 61.7 Å². The number of amides is 2. The number of rotatable bonds is 8. The summed E-state index contributed by atoms with van der Waals surface area (Å²) < 4.78 is 16.0. The molecule has 2 aliphatic heterocycles. The monoisotopic (exact) mass is 658 g/mol. The van der Waals surface area contributed by atoms with Crippen LogP contribution in [0.3, 0.4) is 0 Å². The van der Waals surface area contributed by atoms with Gasteiger partial charge in [0.05, 0.1) is 42.1 Å². The number of hydrogen-bond acceptors (Lipinski definition) is 11. The third kappa shape index (κ3) is 4.80. The fourth-order valence-electron chi connectivity index (χ4n) is 5.17. The maximum Gasteiger partial charge on any atom is 0.348 e. The number of hydrogen-bond donors (Lipinski definition) is 1. The summed E-state index contributed by atoms with van der Waals surface area (Å²) >= 11 is 4.17. The van der Waals surface area contributed by atoms with Gasteiger partial charge in [-0.1, -0.05) is 18.2 Å². The Balaban J connectivity index is 1.65. The summed E-state index contributed by atoms with van der Waals surface area (Å²) in [6, 6.07) is 11.4. The van der Waals surface area contributed by atoms with Gasteiger partial charge in [-0.25, -0.2) is 19.6 Å². The van der Waals surface area contributed by atoms with Crippen molar-refractivity contribution in [3.05, 3.63) is 68.5 Å². The third-order valence-corrected chi connectivity index (χ3v) is 8.86. The van der Waals surface area contributed by atoms with Gasteiger partial charge in [-0.2, -0.15) is 0 Å². The fourth-order valence-corrected chi connectivity index (χ4v) is 6.83. The lowest BCUT2D eigenvalue weighted by Gasteiger charge is -2.29. The molecule has 220 valence electrons. The van der Waals surface area contributed by atoms with Crippen LogP contribution in [0.4, 0.5) is 10.7 Å². The fraction of sp³-hybridized carbons (Fsp3) is 0.310. The van der Waals surface area contributed by atoms with Gasteiger partial charge in [0.15, 0.2) is 17.6 Å². The molecule has 11 nitrogen and oxygen atoms in total. The standard InChI is InChI=1S/C29H27BrN2O9S/c1-5-39-18-13-15(12-17(30)22(18)33)21-20-23(41-32(21)16-10-8-7-9-11-16)26(35)31(25(20)34)27-19(28(36)38-4)14(3)24(42-27)29(37)40-6-2/h7-13,20-21,23,33H,5-6H2,1-4H3/t20-,21+,23-/m0/s1. The number of ether oxygens (including phenoxy) is 3. The minimum absolute atomic E-state index is 0.0395. The molecule has 0 saturated carbocycles. The van der Waals surface area contributed by atoms with Crippen molar-refractivity contribution in [2.24, 2.45) is 5.92 Å². The van der Waals surface area contributed by atoms with Crippen LogP contribution in [-0.2, 0) is 23.9 Å². The molecule has 3 heterocycles. The van der Waals surface area contributed by atoms with Crippen molar-refractivity contribution in [1.82, 2.24) is 0 Å². The van der Waals surface area contributed by atoms with Crippen LogP contribution in [-0.4, -0.2) is 55.3 Å². The van der Waals surface area contributed by atoms with Crippen LogP contribution in [0.25, 0.3) is 0 Å². The molecule has 13 heteroatoms. The topological polar surface area (TPSA) is 132 Å². The highest BCUT2D eigenvalue weighted by Crippen LogP contribution is 2.51. The molecule has 0 bridgehead atoms. The van der Waals surface area contributed by atoms with Gasteiger partial charge in [-0.3, -0.25) is 14.4 Å². The molecule has 0 aliphatic carbocycles. The molecule has 5 rings (SSSR count). The second-order valence-corrected chi connectivity index (χ2v) is 11.3. The summed E-state index contributed by atoms with van der Waals surface area (Å²) in [5, 5.41) is 12.0. The molecule has 1 N–H and O–H groups in total. The number of hydroxylamine groups is 1. The summed E-state index contributed by atoms with van der Waals surface area (Å²) in [7, 11) is 1.17. The van der Waals surface area contributed by atoms with Crippen LogP contribution in [0.15, 0.2) is 46.9 Å². The number of anilines is 2. The Labute approximate surface area is 253 Å². The Morgan fingerprint density at radius 3 is 2.43 bits per heavy atom. The molecule has 0 unspecified atom stereocenters. The molecule has 3 atom stereocenters. The Kier molecular flexibility index (Phi) is 8.26. The zero-order valence-corrected chi connectivity index (χ0v) is 25.5. The first-order valence-corrected chi connectivity index (χ1v) is 14.7. The maximum absolute atomic E-state index is 14.2. The molecule has 0 radical (unpaired) electrons. The van der Waals surface area contributed by atoms with E-state index in [4.69, 9.17) is 19.0 Å². The van der Waals surface area contributed by atoms with Crippen molar-refractivity contribution in [2.75, 3.05) is 30.3 Å². The molecule has 3 aromatic rings. The maximum atomic E-state index is 14.2. The molecule has 2 fully saturated rings. The summed E-state index contributed by atoms with van der Waals surface area (Å²) in [6.07, 6.45) is -1.25. The van der Waals surface area contributed by atoms with Crippen LogP contribution in [0, 0.1) is 12.8 Å². The molecule has 2 aliphatic rings. The van der Waals surface area contributed by atoms with E-state index in [0.717, 1.165) is 16.2 Å². The lowest BCUT2D eigenvalue weighted by molar-refractivity contribution is -0.126. The number of thiophene rings is 1. The Bertz CT molecular complexity index is 1570. The second kappa shape index (κ2) is 11.7. The Morgan fingerprint density at radius 1 is 1.07 bits per heavy atom. The van der Waals surface area contributed by atoms with Crippen molar-refractivity contribution in [2.45, 2.75) is 32.9 Å². The van der Waals surface area contributed by atoms with Gasteiger partial charge >= 0.3 is 11.9 Å². The van der Waals surface area contributed by atoms with E-state index in [0.29, 0.717) is 15.7 Å². The van der Waals surface area contributed by atoms with E-state index in [1.807, 2.05) is 6.07 Å². The van der Waals surface area contributed by atoms with E-state index in [-0.39, 0.29) is 45.7 Å². The molecule has 42 heavy (non-hydrogen) atoms. The molecule has 1 aromatic heterocycles. The van der Waals surface area contributed by atoms with Crippen molar-refractivity contribution in [3.8, 4) is 11.5 Å². The molecule has 2 aromatic carbocycles. The van der Waals surface area contributed by atoms with Gasteiger partial charge < -0.3 is 19.3 Å². The number of halogens is 1. The highest BCUT2D eigenvalue weighted by Gasteiger charge is 2.61. The van der Waals surface area contributed by atoms with E-state index in [9.17, 15) is 24.3 Å². The zero-order valence-electron chi connectivity index (χ0n) is 23.1. The Hall–Kier alpha value is -3.94. The average molecular weight is 660 g/mol. The number of imide groups is 1. The second-order valence-electron chi connectivity index (χ2n) is 9.40. The van der Waals surface area contributed by atoms with E-state index in [2.05, 4.69) is 15.9 Å². The van der Waals surface area contributed by atoms with E-state index in [1.54, 1.807) is 50.2 Å². The molecule has 0 spiro atoms. The van der Waals surface area contributed by atoms with Gasteiger partial charge in [0.1, 0.15) is 15.8 Å². The number of nitrogens with zero attached hydrogens (tertiary/aromatic N) is 2. The predicted molar refractivity (Wildman–Crippen MR) is 156 cm³/mol. The van der Waals surface area contributed by atoms with Crippen LogP contribution in [0.2, 0.25) is 0 Å². The summed E-state index contributed by atoms with van der Waals surface area (Å²) in [6.45, 7) is 5.33. The van der Waals surface area contributed by atoms with E-state index >= 15 is 0 Å². The van der Waals surface area contributed by atoms with Crippen LogP contribution in [0.1, 0.15) is 51.0 Å². The van der Waals surface area contributed by atoms with Crippen molar-refractivity contribution in [1.29, 1.82) is 0 Å². The van der Waals surface area contributed by atoms with Gasteiger partial charge in [0.25, 0.3) is 5.91 Å². The lowest BCUT2D eigenvalue weighted by atomic mass is 9.90. The number of methoxy groups -OCH3 is 1. The number of phenols is 1. The molecular formula is C29H27BrN2O9S.